The number of carboxylic acid groups (broad SMARTS) is 1. The molecule has 7 nitrogen and oxygen atoms in total. The van der Waals surface area contributed by atoms with Crippen LogP contribution in [0.15, 0.2) is 17.3 Å². The molecule has 7 heteroatoms. The monoisotopic (exact) mass is 305 g/mol. The largest absolute Gasteiger partial charge is 0.478 e. The van der Waals surface area contributed by atoms with Gasteiger partial charge in [-0.15, -0.1) is 0 Å². The Kier molecular flexibility index (Phi) is 4.27. The zero-order valence-corrected chi connectivity index (χ0v) is 13.0. The highest BCUT2D eigenvalue weighted by atomic mass is 16.5. The van der Waals surface area contributed by atoms with Crippen molar-refractivity contribution in [2.45, 2.75) is 32.9 Å². The second-order valence-corrected chi connectivity index (χ2v) is 5.69. The van der Waals surface area contributed by atoms with Gasteiger partial charge in [0.1, 0.15) is 11.2 Å². The predicted molar refractivity (Wildman–Crippen MR) is 79.8 cm³/mol. The molecule has 2 N–H and O–H groups in total. The van der Waals surface area contributed by atoms with Crippen molar-refractivity contribution < 1.29 is 19.4 Å². The van der Waals surface area contributed by atoms with Gasteiger partial charge in [-0.25, -0.2) is 9.79 Å². The number of carbonyl (C=O) groups excluding carboxylic acids is 1. The Labute approximate surface area is 128 Å². The number of aromatic nitrogens is 1. The molecular weight excluding hydrogens is 286 g/mol. The van der Waals surface area contributed by atoms with E-state index in [1.807, 2.05) is 13.8 Å². The second kappa shape index (κ2) is 5.84. The molecule has 0 spiro atoms. The Morgan fingerprint density at radius 3 is 2.68 bits per heavy atom. The van der Waals surface area contributed by atoms with Crippen LogP contribution in [0.4, 0.5) is 0 Å². The summed E-state index contributed by atoms with van der Waals surface area (Å²) in [5.41, 5.74) is -0.135. The minimum Gasteiger partial charge on any atom is -0.478 e. The summed E-state index contributed by atoms with van der Waals surface area (Å²) in [5, 5.41) is 12.0. The summed E-state index contributed by atoms with van der Waals surface area (Å²) in [5.74, 6) is -1.21. The van der Waals surface area contributed by atoms with E-state index in [0.717, 1.165) is 0 Å². The van der Waals surface area contributed by atoms with Gasteiger partial charge in [-0.1, -0.05) is 13.8 Å². The molecule has 0 saturated carbocycles. The summed E-state index contributed by atoms with van der Waals surface area (Å²) in [6.45, 7) is 5.76. The van der Waals surface area contributed by atoms with Crippen molar-refractivity contribution in [2.24, 2.45) is 10.9 Å². The first kappa shape index (κ1) is 16.1. The number of amidine groups is 1. The number of aromatic carboxylic acids is 1. The van der Waals surface area contributed by atoms with E-state index < -0.39 is 11.5 Å². The van der Waals surface area contributed by atoms with Crippen molar-refractivity contribution in [1.29, 1.82) is 0 Å². The number of methoxy groups -OCH3 is 1. The van der Waals surface area contributed by atoms with E-state index in [4.69, 9.17) is 4.74 Å². The number of carboxylic acids is 1. The van der Waals surface area contributed by atoms with Crippen LogP contribution < -0.4 is 5.32 Å². The number of nitrogens with zero attached hydrogens (tertiary/aromatic N) is 2. The van der Waals surface area contributed by atoms with Gasteiger partial charge in [0, 0.05) is 13.3 Å². The first-order chi connectivity index (χ1) is 10.3. The number of hydrogen-bond acceptors (Lipinski definition) is 5. The molecule has 1 aromatic heterocycles. The molecule has 22 heavy (non-hydrogen) atoms. The molecule has 1 aromatic rings. The van der Waals surface area contributed by atoms with Crippen LogP contribution >= 0.6 is 0 Å². The molecule has 2 rings (SSSR count). The molecule has 1 aliphatic rings. The van der Waals surface area contributed by atoms with Crippen molar-refractivity contribution >= 4 is 17.7 Å². The van der Waals surface area contributed by atoms with E-state index in [1.54, 1.807) is 6.92 Å². The normalized spacial score (nSPS) is 21.0. The van der Waals surface area contributed by atoms with Gasteiger partial charge in [0.2, 0.25) is 0 Å². The van der Waals surface area contributed by atoms with E-state index in [9.17, 15) is 14.7 Å². The van der Waals surface area contributed by atoms with Crippen molar-refractivity contribution in [1.82, 2.24) is 10.3 Å². The zero-order chi connectivity index (χ0) is 16.5. The molecule has 0 unspecified atom stereocenters. The second-order valence-electron chi connectivity index (χ2n) is 5.69. The van der Waals surface area contributed by atoms with Gasteiger partial charge in [-0.3, -0.25) is 9.78 Å². The van der Waals surface area contributed by atoms with Crippen LogP contribution in [0.5, 0.6) is 0 Å². The maximum Gasteiger partial charge on any atom is 0.338 e. The number of rotatable bonds is 5. The molecule has 2 heterocycles. The van der Waals surface area contributed by atoms with Gasteiger partial charge in [-0.2, -0.15) is 0 Å². The van der Waals surface area contributed by atoms with Crippen LogP contribution in [0.25, 0.3) is 0 Å². The van der Waals surface area contributed by atoms with E-state index in [1.165, 1.54) is 19.4 Å². The molecule has 0 saturated heterocycles. The van der Waals surface area contributed by atoms with Crippen LogP contribution in [0.2, 0.25) is 0 Å². The molecule has 1 atom stereocenters. The van der Waals surface area contributed by atoms with Gasteiger partial charge >= 0.3 is 5.97 Å². The maximum absolute atomic E-state index is 12.2. The fourth-order valence-electron chi connectivity index (χ4n) is 2.15. The van der Waals surface area contributed by atoms with Gasteiger partial charge in [0.15, 0.2) is 5.84 Å². The highest BCUT2D eigenvalue weighted by Crippen LogP contribution is 2.27. The third-order valence-corrected chi connectivity index (χ3v) is 3.87. The molecule has 118 valence electrons. The quantitative estimate of drug-likeness (QED) is 0.851. The number of aliphatic imine (C=N–C) groups is 1. The SMILES string of the molecule is COCc1cnc(C2=N[C@@](C)(C(C)C)C(=O)N2)c(C(=O)O)c1. The summed E-state index contributed by atoms with van der Waals surface area (Å²) >= 11 is 0. The first-order valence-corrected chi connectivity index (χ1v) is 6.92. The van der Waals surface area contributed by atoms with Crippen LogP contribution in [0, 0.1) is 5.92 Å². The molecule has 0 bridgehead atoms. The number of carbonyl (C=O) groups is 2. The van der Waals surface area contributed by atoms with Gasteiger partial charge in [0.05, 0.1) is 12.2 Å². The summed E-state index contributed by atoms with van der Waals surface area (Å²) in [4.78, 5) is 32.2. The Balaban J connectivity index is 2.49. The van der Waals surface area contributed by atoms with Crippen molar-refractivity contribution in [3.05, 3.63) is 29.1 Å². The summed E-state index contributed by atoms with van der Waals surface area (Å²) in [7, 11) is 1.52. The van der Waals surface area contributed by atoms with E-state index in [2.05, 4.69) is 15.3 Å². The Bertz CT molecular complexity index is 654. The zero-order valence-electron chi connectivity index (χ0n) is 13.0. The number of ether oxygens (including phenoxy) is 1. The Hall–Kier alpha value is -2.28. The lowest BCUT2D eigenvalue weighted by Crippen LogP contribution is -2.41. The third kappa shape index (κ3) is 2.71. The topological polar surface area (TPSA) is 101 Å². The molecule has 0 aromatic carbocycles. The molecule has 1 amide bonds. The maximum atomic E-state index is 12.2. The molecule has 0 fully saturated rings. The third-order valence-electron chi connectivity index (χ3n) is 3.87. The van der Waals surface area contributed by atoms with Gasteiger partial charge in [0.25, 0.3) is 5.91 Å². The fourth-order valence-corrected chi connectivity index (χ4v) is 2.15. The van der Waals surface area contributed by atoms with Crippen LogP contribution in [0.3, 0.4) is 0 Å². The average Bonchev–Trinajstić information content (AvgIpc) is 2.76. The predicted octanol–water partition coefficient (Wildman–Crippen LogP) is 1.22. The van der Waals surface area contributed by atoms with E-state index in [0.29, 0.717) is 5.56 Å². The van der Waals surface area contributed by atoms with Crippen LogP contribution in [-0.4, -0.2) is 40.5 Å². The first-order valence-electron chi connectivity index (χ1n) is 6.92. The lowest BCUT2D eigenvalue weighted by molar-refractivity contribution is -0.124. The summed E-state index contributed by atoms with van der Waals surface area (Å²) in [6, 6.07) is 1.48. The van der Waals surface area contributed by atoms with Crippen LogP contribution in [0.1, 0.15) is 42.4 Å². The average molecular weight is 305 g/mol. The number of pyridine rings is 1. The lowest BCUT2D eigenvalue weighted by Gasteiger charge is -2.21. The van der Waals surface area contributed by atoms with Gasteiger partial charge in [-0.05, 0) is 24.5 Å². The lowest BCUT2D eigenvalue weighted by atomic mass is 9.89. The van der Waals surface area contributed by atoms with Crippen molar-refractivity contribution in [3.8, 4) is 0 Å². The van der Waals surface area contributed by atoms with Crippen LogP contribution in [-0.2, 0) is 16.1 Å². The highest BCUT2D eigenvalue weighted by Gasteiger charge is 2.43. The standard InChI is InChI=1S/C15H19N3O4/c1-8(2)15(3)14(21)17-12(18-15)11-10(13(19)20)5-9(6-16-11)7-22-4/h5-6,8H,7H2,1-4H3,(H,19,20)(H,17,18,21)/t15-/m0/s1. The van der Waals surface area contributed by atoms with Gasteiger partial charge < -0.3 is 15.2 Å². The van der Waals surface area contributed by atoms with Crippen molar-refractivity contribution in [3.63, 3.8) is 0 Å². The van der Waals surface area contributed by atoms with E-state index >= 15 is 0 Å². The Morgan fingerprint density at radius 1 is 1.50 bits per heavy atom. The minimum absolute atomic E-state index is 0.0124. The van der Waals surface area contributed by atoms with Crippen molar-refractivity contribution in [2.75, 3.05) is 7.11 Å². The molecule has 1 aliphatic heterocycles. The number of amides is 1. The molecular formula is C15H19N3O4. The highest BCUT2D eigenvalue weighted by molar-refractivity contribution is 6.17. The fraction of sp³-hybridized carbons (Fsp3) is 0.467. The number of hydrogen-bond donors (Lipinski definition) is 2. The Morgan fingerprint density at radius 2 is 2.18 bits per heavy atom. The molecule has 0 aliphatic carbocycles. The smallest absolute Gasteiger partial charge is 0.338 e. The number of nitrogens with one attached hydrogen (secondary N) is 1. The summed E-state index contributed by atoms with van der Waals surface area (Å²) in [6.07, 6.45) is 1.52. The molecule has 0 radical (unpaired) electrons. The van der Waals surface area contributed by atoms with E-state index in [-0.39, 0.29) is 35.5 Å². The summed E-state index contributed by atoms with van der Waals surface area (Å²) < 4.78 is 4.98. The minimum atomic E-state index is -1.13.